The second-order valence-corrected chi connectivity index (χ2v) is 5.31. The van der Waals surface area contributed by atoms with Crippen molar-refractivity contribution in [2.75, 3.05) is 6.61 Å². The van der Waals surface area contributed by atoms with Crippen molar-refractivity contribution in [2.24, 2.45) is 5.41 Å². The molecule has 90 valence electrons. The van der Waals surface area contributed by atoms with Gasteiger partial charge in [0.05, 0.1) is 16.5 Å². The number of nitriles is 1. The Labute approximate surface area is 111 Å². The van der Waals surface area contributed by atoms with E-state index < -0.39 is 0 Å². The van der Waals surface area contributed by atoms with Crippen LogP contribution in [0.5, 0.6) is 5.75 Å². The molecule has 0 unspecified atom stereocenters. The molecule has 1 aliphatic carbocycles. The van der Waals surface area contributed by atoms with Crippen LogP contribution in [0.15, 0.2) is 18.2 Å². The maximum atomic E-state index is 9.22. The van der Waals surface area contributed by atoms with E-state index in [9.17, 15) is 5.26 Å². The maximum Gasteiger partial charge on any atom is 0.138 e. The van der Waals surface area contributed by atoms with Crippen LogP contribution in [0.1, 0.15) is 25.7 Å². The smallest absolute Gasteiger partial charge is 0.138 e. The number of hydrogen-bond donors (Lipinski definition) is 0. The van der Waals surface area contributed by atoms with Gasteiger partial charge in [-0.25, -0.2) is 0 Å². The third-order valence-corrected chi connectivity index (χ3v) is 3.73. The average molecular weight is 270 g/mol. The van der Waals surface area contributed by atoms with Crippen molar-refractivity contribution in [1.29, 1.82) is 5.26 Å². The van der Waals surface area contributed by atoms with Crippen LogP contribution in [0.25, 0.3) is 0 Å². The SMILES string of the molecule is N#CC1(COc2ccc(Cl)cc2Cl)CCCC1. The van der Waals surface area contributed by atoms with Crippen molar-refractivity contribution in [3.63, 3.8) is 0 Å². The van der Waals surface area contributed by atoms with Crippen LogP contribution < -0.4 is 4.74 Å². The third kappa shape index (κ3) is 2.86. The Morgan fingerprint density at radius 2 is 2.00 bits per heavy atom. The fourth-order valence-corrected chi connectivity index (χ4v) is 2.61. The molecule has 0 aliphatic heterocycles. The number of rotatable bonds is 3. The van der Waals surface area contributed by atoms with Gasteiger partial charge in [-0.1, -0.05) is 36.0 Å². The third-order valence-electron chi connectivity index (χ3n) is 3.20. The first-order valence-electron chi connectivity index (χ1n) is 5.64. The summed E-state index contributed by atoms with van der Waals surface area (Å²) in [7, 11) is 0. The predicted molar refractivity (Wildman–Crippen MR) is 68.5 cm³/mol. The molecule has 0 N–H and O–H groups in total. The Bertz CT molecular complexity index is 447. The predicted octanol–water partition coefficient (Wildman–Crippen LogP) is 4.46. The molecule has 0 atom stereocenters. The zero-order chi connectivity index (χ0) is 12.3. The van der Waals surface area contributed by atoms with E-state index >= 15 is 0 Å². The molecule has 0 heterocycles. The molecule has 1 fully saturated rings. The number of benzene rings is 1. The Hall–Kier alpha value is -0.910. The zero-order valence-corrected chi connectivity index (χ0v) is 10.9. The zero-order valence-electron chi connectivity index (χ0n) is 9.38. The minimum absolute atomic E-state index is 0.330. The highest BCUT2D eigenvalue weighted by atomic mass is 35.5. The minimum Gasteiger partial charge on any atom is -0.490 e. The van der Waals surface area contributed by atoms with Gasteiger partial charge in [-0.05, 0) is 31.0 Å². The Morgan fingerprint density at radius 1 is 1.29 bits per heavy atom. The summed E-state index contributed by atoms with van der Waals surface area (Å²) in [6.45, 7) is 0.408. The molecule has 0 saturated heterocycles. The van der Waals surface area contributed by atoms with Crippen LogP contribution in [-0.4, -0.2) is 6.61 Å². The number of nitrogens with zero attached hydrogens (tertiary/aromatic N) is 1. The number of ether oxygens (including phenoxy) is 1. The molecule has 0 bridgehead atoms. The molecule has 0 amide bonds. The Morgan fingerprint density at radius 3 is 2.59 bits per heavy atom. The number of halogens is 2. The van der Waals surface area contributed by atoms with Gasteiger partial charge in [0.15, 0.2) is 0 Å². The molecule has 4 heteroatoms. The molecular formula is C13H13Cl2NO. The molecule has 1 saturated carbocycles. The fraction of sp³-hybridized carbons (Fsp3) is 0.462. The van der Waals surface area contributed by atoms with E-state index in [0.717, 1.165) is 25.7 Å². The normalized spacial score (nSPS) is 17.7. The molecule has 1 aromatic carbocycles. The van der Waals surface area contributed by atoms with Gasteiger partial charge in [-0.15, -0.1) is 0 Å². The lowest BCUT2D eigenvalue weighted by Gasteiger charge is -2.20. The number of hydrogen-bond acceptors (Lipinski definition) is 2. The van der Waals surface area contributed by atoms with Crippen LogP contribution >= 0.6 is 23.2 Å². The van der Waals surface area contributed by atoms with Crippen LogP contribution in [0, 0.1) is 16.7 Å². The summed E-state index contributed by atoms with van der Waals surface area (Å²) in [6.07, 6.45) is 4.03. The quantitative estimate of drug-likeness (QED) is 0.812. The first-order valence-corrected chi connectivity index (χ1v) is 6.40. The van der Waals surface area contributed by atoms with Gasteiger partial charge in [0.1, 0.15) is 12.4 Å². The largest absolute Gasteiger partial charge is 0.490 e. The molecule has 1 aromatic rings. The van der Waals surface area contributed by atoms with E-state index in [-0.39, 0.29) is 5.41 Å². The van der Waals surface area contributed by atoms with Crippen LogP contribution in [0.2, 0.25) is 10.0 Å². The van der Waals surface area contributed by atoms with Crippen molar-refractivity contribution >= 4 is 23.2 Å². The van der Waals surface area contributed by atoms with Gasteiger partial charge in [0, 0.05) is 5.02 Å². The van der Waals surface area contributed by atoms with E-state index in [1.807, 2.05) is 0 Å². The Balaban J connectivity index is 2.04. The first-order chi connectivity index (χ1) is 8.15. The molecule has 17 heavy (non-hydrogen) atoms. The molecule has 0 spiro atoms. The van der Waals surface area contributed by atoms with Crippen molar-refractivity contribution in [3.05, 3.63) is 28.2 Å². The maximum absolute atomic E-state index is 9.22. The second kappa shape index (κ2) is 5.16. The lowest BCUT2D eigenvalue weighted by atomic mass is 9.89. The topological polar surface area (TPSA) is 33.0 Å². The standard InChI is InChI=1S/C13H13Cl2NO/c14-10-3-4-12(11(15)7-10)17-9-13(8-16)5-1-2-6-13/h3-4,7H,1-2,5-6,9H2. The van der Waals surface area contributed by atoms with Crippen LogP contribution in [-0.2, 0) is 0 Å². The molecular weight excluding hydrogens is 257 g/mol. The van der Waals surface area contributed by atoms with Crippen molar-refractivity contribution in [2.45, 2.75) is 25.7 Å². The molecule has 2 nitrogen and oxygen atoms in total. The summed E-state index contributed by atoms with van der Waals surface area (Å²) in [5.41, 5.74) is -0.330. The fourth-order valence-electron chi connectivity index (χ4n) is 2.15. The van der Waals surface area contributed by atoms with Crippen molar-refractivity contribution in [3.8, 4) is 11.8 Å². The summed E-state index contributed by atoms with van der Waals surface area (Å²) in [6, 6.07) is 7.50. The highest BCUT2D eigenvalue weighted by Gasteiger charge is 2.35. The minimum atomic E-state index is -0.330. The van der Waals surface area contributed by atoms with Gasteiger partial charge in [0.2, 0.25) is 0 Å². The summed E-state index contributed by atoms with van der Waals surface area (Å²) < 4.78 is 5.66. The van der Waals surface area contributed by atoms with E-state index in [0.29, 0.717) is 22.4 Å². The van der Waals surface area contributed by atoms with Crippen LogP contribution in [0.4, 0.5) is 0 Å². The summed E-state index contributed by atoms with van der Waals surface area (Å²) in [5, 5.41) is 10.3. The monoisotopic (exact) mass is 269 g/mol. The van der Waals surface area contributed by atoms with E-state index in [2.05, 4.69) is 6.07 Å². The highest BCUT2D eigenvalue weighted by molar-refractivity contribution is 6.35. The molecule has 0 radical (unpaired) electrons. The lowest BCUT2D eigenvalue weighted by Crippen LogP contribution is -2.23. The first kappa shape index (κ1) is 12.5. The van der Waals surface area contributed by atoms with E-state index in [4.69, 9.17) is 27.9 Å². The summed E-state index contributed by atoms with van der Waals surface area (Å²) in [4.78, 5) is 0. The van der Waals surface area contributed by atoms with Gasteiger partial charge in [0.25, 0.3) is 0 Å². The summed E-state index contributed by atoms with van der Waals surface area (Å²) in [5.74, 6) is 0.595. The molecule has 2 rings (SSSR count). The van der Waals surface area contributed by atoms with Gasteiger partial charge >= 0.3 is 0 Å². The highest BCUT2D eigenvalue weighted by Crippen LogP contribution is 2.38. The molecule has 0 aromatic heterocycles. The summed E-state index contributed by atoms with van der Waals surface area (Å²) >= 11 is 11.8. The van der Waals surface area contributed by atoms with Crippen molar-refractivity contribution in [1.82, 2.24) is 0 Å². The van der Waals surface area contributed by atoms with E-state index in [1.165, 1.54) is 0 Å². The Kier molecular flexibility index (Phi) is 3.81. The van der Waals surface area contributed by atoms with E-state index in [1.54, 1.807) is 18.2 Å². The second-order valence-electron chi connectivity index (χ2n) is 4.46. The molecule has 1 aliphatic rings. The van der Waals surface area contributed by atoms with Gasteiger partial charge in [-0.3, -0.25) is 0 Å². The van der Waals surface area contributed by atoms with Gasteiger partial charge in [-0.2, -0.15) is 5.26 Å². The average Bonchev–Trinajstić information content (AvgIpc) is 2.77. The van der Waals surface area contributed by atoms with Gasteiger partial charge < -0.3 is 4.74 Å². The lowest BCUT2D eigenvalue weighted by molar-refractivity contribution is 0.201. The van der Waals surface area contributed by atoms with Crippen molar-refractivity contribution < 1.29 is 4.74 Å². The van der Waals surface area contributed by atoms with Crippen LogP contribution in [0.3, 0.4) is 0 Å².